The van der Waals surface area contributed by atoms with Gasteiger partial charge in [-0.2, -0.15) is 5.26 Å². The molecule has 1 atom stereocenters. The first-order valence-corrected chi connectivity index (χ1v) is 6.96. The summed E-state index contributed by atoms with van der Waals surface area (Å²) in [5, 5.41) is 16.0. The van der Waals surface area contributed by atoms with Crippen LogP contribution >= 0.6 is 11.3 Å². The summed E-state index contributed by atoms with van der Waals surface area (Å²) in [5.74, 6) is 0.0490. The number of nitrogens with zero attached hydrogens (tertiary/aromatic N) is 1. The monoisotopic (exact) mass is 263 g/mol. The molecule has 2 N–H and O–H groups in total. The summed E-state index contributed by atoms with van der Waals surface area (Å²) >= 11 is 1.48. The first-order valence-electron chi connectivity index (χ1n) is 6.15. The largest absolute Gasteiger partial charge is 0.316 e. The number of carbonyl (C=O) groups is 1. The van der Waals surface area contributed by atoms with Crippen LogP contribution < -0.4 is 10.6 Å². The van der Waals surface area contributed by atoms with Gasteiger partial charge in [-0.05, 0) is 38.8 Å². The molecule has 18 heavy (non-hydrogen) atoms. The van der Waals surface area contributed by atoms with Crippen molar-refractivity contribution in [2.45, 2.75) is 26.7 Å². The Kier molecular flexibility index (Phi) is 4.00. The van der Waals surface area contributed by atoms with Gasteiger partial charge in [-0.1, -0.05) is 0 Å². The van der Waals surface area contributed by atoms with Crippen molar-refractivity contribution >= 4 is 22.2 Å². The third-order valence-corrected chi connectivity index (χ3v) is 4.52. The minimum absolute atomic E-state index is 0.0213. The van der Waals surface area contributed by atoms with Crippen molar-refractivity contribution in [3.05, 3.63) is 16.0 Å². The van der Waals surface area contributed by atoms with E-state index in [2.05, 4.69) is 16.7 Å². The Morgan fingerprint density at radius 1 is 1.56 bits per heavy atom. The molecule has 5 heteroatoms. The lowest BCUT2D eigenvalue weighted by atomic mass is 9.99. The standard InChI is InChI=1S/C13H17N3OS/c1-8-9(2)18-13(11(8)6-14)16-12(17)10-4-3-5-15-7-10/h10,15H,3-5,7H2,1-2H3,(H,16,17)/t10-/m0/s1. The van der Waals surface area contributed by atoms with Crippen LogP contribution in [0.1, 0.15) is 28.8 Å². The Morgan fingerprint density at radius 2 is 2.33 bits per heavy atom. The molecule has 1 aliphatic heterocycles. The highest BCUT2D eigenvalue weighted by Gasteiger charge is 2.23. The summed E-state index contributed by atoms with van der Waals surface area (Å²) in [5.41, 5.74) is 1.58. The number of rotatable bonds is 2. The summed E-state index contributed by atoms with van der Waals surface area (Å²) in [7, 11) is 0. The van der Waals surface area contributed by atoms with Gasteiger partial charge in [0.25, 0.3) is 0 Å². The van der Waals surface area contributed by atoms with Crippen LogP contribution in [0.2, 0.25) is 0 Å². The SMILES string of the molecule is Cc1sc(NC(=O)[C@H]2CCCNC2)c(C#N)c1C. The van der Waals surface area contributed by atoms with E-state index in [1.165, 1.54) is 11.3 Å². The smallest absolute Gasteiger partial charge is 0.229 e. The van der Waals surface area contributed by atoms with Crippen LogP contribution in [0.4, 0.5) is 5.00 Å². The molecule has 2 rings (SSSR count). The van der Waals surface area contributed by atoms with Crippen LogP contribution in [-0.2, 0) is 4.79 Å². The summed E-state index contributed by atoms with van der Waals surface area (Å²) < 4.78 is 0. The van der Waals surface area contributed by atoms with Gasteiger partial charge >= 0.3 is 0 Å². The molecule has 2 heterocycles. The summed E-state index contributed by atoms with van der Waals surface area (Å²) in [4.78, 5) is 13.2. The molecular formula is C13H17N3OS. The molecule has 0 spiro atoms. The lowest BCUT2D eigenvalue weighted by Gasteiger charge is -2.21. The maximum Gasteiger partial charge on any atom is 0.229 e. The van der Waals surface area contributed by atoms with Crippen molar-refractivity contribution < 1.29 is 4.79 Å². The highest BCUT2D eigenvalue weighted by Crippen LogP contribution is 2.32. The van der Waals surface area contributed by atoms with Gasteiger partial charge in [-0.15, -0.1) is 11.3 Å². The van der Waals surface area contributed by atoms with Gasteiger partial charge in [0.05, 0.1) is 11.5 Å². The number of carbonyl (C=O) groups excluding carboxylic acids is 1. The number of hydrogen-bond acceptors (Lipinski definition) is 4. The summed E-state index contributed by atoms with van der Waals surface area (Å²) in [6.07, 6.45) is 1.95. The van der Waals surface area contributed by atoms with E-state index in [4.69, 9.17) is 5.26 Å². The fourth-order valence-electron chi connectivity index (χ4n) is 2.14. The second kappa shape index (κ2) is 5.51. The molecule has 1 saturated heterocycles. The van der Waals surface area contributed by atoms with Gasteiger partial charge in [0.15, 0.2) is 0 Å². The Hall–Kier alpha value is -1.38. The maximum atomic E-state index is 12.1. The number of nitrogens with one attached hydrogen (secondary N) is 2. The van der Waals surface area contributed by atoms with E-state index in [-0.39, 0.29) is 11.8 Å². The van der Waals surface area contributed by atoms with E-state index in [0.29, 0.717) is 10.6 Å². The number of amides is 1. The maximum absolute atomic E-state index is 12.1. The van der Waals surface area contributed by atoms with Crippen LogP contribution in [-0.4, -0.2) is 19.0 Å². The average Bonchev–Trinajstić information content (AvgIpc) is 2.65. The van der Waals surface area contributed by atoms with Gasteiger partial charge in [-0.3, -0.25) is 4.79 Å². The van der Waals surface area contributed by atoms with Crippen molar-refractivity contribution in [2.24, 2.45) is 5.92 Å². The van der Waals surface area contributed by atoms with Crippen molar-refractivity contribution in [3.8, 4) is 6.07 Å². The highest BCUT2D eigenvalue weighted by atomic mass is 32.1. The van der Waals surface area contributed by atoms with Gasteiger partial charge < -0.3 is 10.6 Å². The number of hydrogen-bond donors (Lipinski definition) is 2. The van der Waals surface area contributed by atoms with Gasteiger partial charge in [0, 0.05) is 11.4 Å². The zero-order valence-corrected chi connectivity index (χ0v) is 11.5. The molecule has 1 aromatic rings. The molecule has 0 radical (unpaired) electrons. The molecule has 1 aromatic heterocycles. The average molecular weight is 263 g/mol. The summed E-state index contributed by atoms with van der Waals surface area (Å²) in [6, 6.07) is 2.17. The molecule has 0 unspecified atom stereocenters. The molecule has 0 saturated carbocycles. The van der Waals surface area contributed by atoms with E-state index in [9.17, 15) is 4.79 Å². The van der Waals surface area contributed by atoms with Gasteiger partial charge in [0.2, 0.25) is 5.91 Å². The second-order valence-electron chi connectivity index (χ2n) is 4.63. The topological polar surface area (TPSA) is 64.9 Å². The van der Waals surface area contributed by atoms with Crippen molar-refractivity contribution in [2.75, 3.05) is 18.4 Å². The Morgan fingerprint density at radius 3 is 2.94 bits per heavy atom. The zero-order chi connectivity index (χ0) is 13.1. The van der Waals surface area contributed by atoms with Crippen LogP contribution in [0.5, 0.6) is 0 Å². The van der Waals surface area contributed by atoms with E-state index >= 15 is 0 Å². The Labute approximate surface area is 111 Å². The third-order valence-electron chi connectivity index (χ3n) is 3.40. The van der Waals surface area contributed by atoms with E-state index in [0.717, 1.165) is 36.4 Å². The first kappa shape index (κ1) is 13.1. The first-order chi connectivity index (χ1) is 8.63. The molecule has 0 bridgehead atoms. The van der Waals surface area contributed by atoms with Crippen LogP contribution in [0.25, 0.3) is 0 Å². The minimum Gasteiger partial charge on any atom is -0.316 e. The van der Waals surface area contributed by atoms with E-state index < -0.39 is 0 Å². The van der Waals surface area contributed by atoms with Crippen molar-refractivity contribution in [1.82, 2.24) is 5.32 Å². The second-order valence-corrected chi connectivity index (χ2v) is 5.86. The predicted molar refractivity (Wildman–Crippen MR) is 72.7 cm³/mol. The van der Waals surface area contributed by atoms with Crippen LogP contribution in [0.3, 0.4) is 0 Å². The van der Waals surface area contributed by atoms with Crippen molar-refractivity contribution in [1.29, 1.82) is 5.26 Å². The van der Waals surface area contributed by atoms with Crippen LogP contribution in [0, 0.1) is 31.1 Å². The van der Waals surface area contributed by atoms with Crippen molar-refractivity contribution in [3.63, 3.8) is 0 Å². The molecule has 1 aliphatic rings. The number of thiophene rings is 1. The molecule has 1 fully saturated rings. The van der Waals surface area contributed by atoms with Crippen LogP contribution in [0.15, 0.2) is 0 Å². The predicted octanol–water partition coefficient (Wildman–Crippen LogP) is 2.17. The molecule has 0 aliphatic carbocycles. The molecule has 96 valence electrons. The lowest BCUT2D eigenvalue weighted by Crippen LogP contribution is -2.37. The molecule has 4 nitrogen and oxygen atoms in total. The minimum atomic E-state index is 0.0213. The number of aryl methyl sites for hydroxylation is 1. The molecular weight excluding hydrogens is 246 g/mol. The highest BCUT2D eigenvalue weighted by molar-refractivity contribution is 7.16. The fourth-order valence-corrected chi connectivity index (χ4v) is 3.15. The number of nitriles is 1. The van der Waals surface area contributed by atoms with Gasteiger partial charge in [0.1, 0.15) is 11.1 Å². The third kappa shape index (κ3) is 2.55. The van der Waals surface area contributed by atoms with Gasteiger partial charge in [-0.25, -0.2) is 0 Å². The fraction of sp³-hybridized carbons (Fsp3) is 0.538. The molecule has 0 aromatic carbocycles. The molecule has 1 amide bonds. The lowest BCUT2D eigenvalue weighted by molar-refractivity contribution is -0.120. The Bertz CT molecular complexity index is 495. The summed E-state index contributed by atoms with van der Waals surface area (Å²) in [6.45, 7) is 5.61. The Balaban J connectivity index is 2.11. The van der Waals surface area contributed by atoms with E-state index in [1.807, 2.05) is 13.8 Å². The normalized spacial score (nSPS) is 19.3. The zero-order valence-electron chi connectivity index (χ0n) is 10.7. The quantitative estimate of drug-likeness (QED) is 0.859. The van der Waals surface area contributed by atoms with E-state index in [1.54, 1.807) is 0 Å². The number of anilines is 1. The number of piperidine rings is 1.